The third-order valence-electron chi connectivity index (χ3n) is 7.26. The van der Waals surface area contributed by atoms with E-state index in [0.717, 1.165) is 35.3 Å². The van der Waals surface area contributed by atoms with Gasteiger partial charge in [0.15, 0.2) is 0 Å². The van der Waals surface area contributed by atoms with Crippen LogP contribution in [-0.2, 0) is 18.4 Å². The van der Waals surface area contributed by atoms with Gasteiger partial charge < -0.3 is 14.4 Å². The molecule has 0 spiro atoms. The first-order chi connectivity index (χ1) is 19.5. The number of hydrogen-bond donors (Lipinski definition) is 0. The Hall–Kier alpha value is -3.11. The quantitative estimate of drug-likeness (QED) is 0.212. The zero-order valence-corrected chi connectivity index (χ0v) is 25.8. The lowest BCUT2D eigenvalue weighted by Gasteiger charge is -2.32. The number of carbonyl (C=O) groups is 1. The van der Waals surface area contributed by atoms with Crippen LogP contribution in [0.2, 0.25) is 15.1 Å². The van der Waals surface area contributed by atoms with Gasteiger partial charge in [-0.3, -0.25) is 4.79 Å². The molecule has 0 aliphatic carbocycles. The van der Waals surface area contributed by atoms with E-state index in [1.807, 2.05) is 38.7 Å². The topological polar surface area (TPSA) is 87.3 Å². The molecule has 0 bridgehead atoms. The lowest BCUT2D eigenvalue weighted by molar-refractivity contribution is -0.00797. The monoisotopic (exact) mass is 616 g/mol. The predicted molar refractivity (Wildman–Crippen MR) is 159 cm³/mol. The maximum absolute atomic E-state index is 13.8. The number of likely N-dealkylation sites (tertiary alicyclic amines) is 1. The van der Waals surface area contributed by atoms with Gasteiger partial charge in [-0.15, -0.1) is 5.10 Å². The maximum Gasteiger partial charge on any atom is 0.261 e. The molecule has 12 heteroatoms. The van der Waals surface area contributed by atoms with Crippen molar-refractivity contribution in [3.8, 4) is 17.3 Å². The summed E-state index contributed by atoms with van der Waals surface area (Å²) < 4.78 is 15.7. The minimum absolute atomic E-state index is 0.124. The van der Waals surface area contributed by atoms with E-state index in [1.54, 1.807) is 30.1 Å². The summed E-state index contributed by atoms with van der Waals surface area (Å²) in [5, 5.41) is 14.0. The largest absolute Gasteiger partial charge is 0.438 e. The summed E-state index contributed by atoms with van der Waals surface area (Å²) in [5.74, 6) is 1.02. The molecule has 1 unspecified atom stereocenters. The molecule has 0 radical (unpaired) electrons. The van der Waals surface area contributed by atoms with E-state index in [-0.39, 0.29) is 18.6 Å². The average molecular weight is 618 g/mol. The Bertz CT molecular complexity index is 1620. The molecule has 5 rings (SSSR count). The first kappa shape index (κ1) is 29.4. The van der Waals surface area contributed by atoms with E-state index in [9.17, 15) is 4.79 Å². The Kier molecular flexibility index (Phi) is 8.61. The lowest BCUT2D eigenvalue weighted by Crippen LogP contribution is -2.43. The van der Waals surface area contributed by atoms with E-state index in [1.165, 1.54) is 4.68 Å². The van der Waals surface area contributed by atoms with Crippen LogP contribution >= 0.6 is 34.8 Å². The maximum atomic E-state index is 13.8. The number of halogens is 3. The lowest BCUT2D eigenvalue weighted by atomic mass is 10.1. The van der Waals surface area contributed by atoms with Crippen molar-refractivity contribution >= 4 is 40.7 Å². The Morgan fingerprint density at radius 3 is 2.59 bits per heavy atom. The Morgan fingerprint density at radius 2 is 1.80 bits per heavy atom. The van der Waals surface area contributed by atoms with Crippen LogP contribution in [-0.4, -0.2) is 54.8 Å². The van der Waals surface area contributed by atoms with Gasteiger partial charge in [-0.2, -0.15) is 5.10 Å². The fraction of sp³-hybridized carbons (Fsp3) is 0.379. The summed E-state index contributed by atoms with van der Waals surface area (Å²) in [6, 6.07) is 7.29. The van der Waals surface area contributed by atoms with Crippen LogP contribution in [0.3, 0.4) is 0 Å². The van der Waals surface area contributed by atoms with Crippen molar-refractivity contribution in [3.05, 3.63) is 79.2 Å². The number of carbonyl (C=O) groups excluding carboxylic acids is 1. The average Bonchev–Trinajstić information content (AvgIpc) is 3.51. The highest BCUT2D eigenvalue weighted by atomic mass is 35.5. The highest BCUT2D eigenvalue weighted by Crippen LogP contribution is 2.33. The molecule has 1 saturated heterocycles. The molecule has 216 valence electrons. The Morgan fingerprint density at radius 1 is 1.05 bits per heavy atom. The molecule has 3 heterocycles. The third-order valence-corrected chi connectivity index (χ3v) is 8.29. The van der Waals surface area contributed by atoms with Crippen molar-refractivity contribution < 1.29 is 14.3 Å². The fourth-order valence-corrected chi connectivity index (χ4v) is 5.63. The molecule has 2 aromatic carbocycles. The second kappa shape index (κ2) is 12.0. The summed E-state index contributed by atoms with van der Waals surface area (Å²) in [6.45, 7) is 9.22. The second-order valence-corrected chi connectivity index (χ2v) is 11.6. The number of piperidine rings is 1. The fourth-order valence-electron chi connectivity index (χ4n) is 5.00. The van der Waals surface area contributed by atoms with Gasteiger partial charge in [0.05, 0.1) is 45.4 Å². The molecule has 1 aliphatic heterocycles. The Balaban J connectivity index is 1.27. The Labute approximate surface area is 253 Å². The molecular weight excluding hydrogens is 587 g/mol. The summed E-state index contributed by atoms with van der Waals surface area (Å²) in [6.07, 6.45) is 3.21. The molecule has 1 aliphatic rings. The molecule has 1 amide bonds. The standard InChI is InChI=1S/C29H31Cl3N6O3/c1-16-9-17(2)18(3)26(10-16)41-29-27(19(4)34-36(29)5)28(39)37-8-6-7-21(14-37)40-15-20-13-38(35-33-20)25-12-23(31)22(30)11-24(25)32/h9-13,21H,6-8,14-15H2,1-5H3. The molecule has 4 aromatic rings. The summed E-state index contributed by atoms with van der Waals surface area (Å²) in [7, 11) is 1.79. The van der Waals surface area contributed by atoms with Gasteiger partial charge in [0.2, 0.25) is 5.88 Å². The molecule has 9 nitrogen and oxygen atoms in total. The van der Waals surface area contributed by atoms with E-state index in [0.29, 0.717) is 56.7 Å². The van der Waals surface area contributed by atoms with Gasteiger partial charge in [0.25, 0.3) is 5.91 Å². The van der Waals surface area contributed by atoms with E-state index in [4.69, 9.17) is 44.3 Å². The third kappa shape index (κ3) is 6.23. The number of hydrogen-bond acceptors (Lipinski definition) is 6. The molecule has 41 heavy (non-hydrogen) atoms. The number of nitrogens with zero attached hydrogens (tertiary/aromatic N) is 6. The molecule has 0 N–H and O–H groups in total. The SMILES string of the molecule is Cc1cc(C)c(C)c(Oc2c(C(=O)N3CCCC(OCc4cn(-c5cc(Cl)c(Cl)cc5Cl)nn4)C3)c(C)nn2C)c1. The normalized spacial score (nSPS) is 15.4. The van der Waals surface area contributed by atoms with Gasteiger partial charge in [-0.1, -0.05) is 46.1 Å². The number of aryl methyl sites for hydroxylation is 4. The van der Waals surface area contributed by atoms with Crippen LogP contribution in [0.1, 0.15) is 51.3 Å². The van der Waals surface area contributed by atoms with Crippen LogP contribution < -0.4 is 4.74 Å². The van der Waals surface area contributed by atoms with Crippen LogP contribution in [0.25, 0.3) is 5.69 Å². The van der Waals surface area contributed by atoms with Crippen molar-refractivity contribution in [2.75, 3.05) is 13.1 Å². The second-order valence-electron chi connectivity index (χ2n) is 10.4. The minimum Gasteiger partial charge on any atom is -0.438 e. The summed E-state index contributed by atoms with van der Waals surface area (Å²) in [5.41, 5.74) is 5.52. The van der Waals surface area contributed by atoms with Crippen LogP contribution in [0, 0.1) is 27.7 Å². The van der Waals surface area contributed by atoms with Gasteiger partial charge in [-0.25, -0.2) is 9.36 Å². The number of ether oxygens (including phenoxy) is 2. The highest BCUT2D eigenvalue weighted by molar-refractivity contribution is 6.43. The van der Waals surface area contributed by atoms with Crippen LogP contribution in [0.5, 0.6) is 11.6 Å². The van der Waals surface area contributed by atoms with Crippen molar-refractivity contribution in [2.24, 2.45) is 7.05 Å². The van der Waals surface area contributed by atoms with Crippen LogP contribution in [0.4, 0.5) is 0 Å². The molecule has 1 fully saturated rings. The van der Waals surface area contributed by atoms with E-state index >= 15 is 0 Å². The van der Waals surface area contributed by atoms with Gasteiger partial charge >= 0.3 is 0 Å². The minimum atomic E-state index is -0.158. The summed E-state index contributed by atoms with van der Waals surface area (Å²) >= 11 is 18.5. The van der Waals surface area contributed by atoms with Gasteiger partial charge in [0.1, 0.15) is 17.0 Å². The molecule has 0 saturated carbocycles. The van der Waals surface area contributed by atoms with Crippen LogP contribution in [0.15, 0.2) is 30.5 Å². The molecule has 1 atom stereocenters. The smallest absolute Gasteiger partial charge is 0.261 e. The number of benzene rings is 2. The first-order valence-electron chi connectivity index (χ1n) is 13.3. The highest BCUT2D eigenvalue weighted by Gasteiger charge is 2.31. The zero-order valence-electron chi connectivity index (χ0n) is 23.5. The van der Waals surface area contributed by atoms with E-state index in [2.05, 4.69) is 21.5 Å². The number of aromatic nitrogens is 5. The van der Waals surface area contributed by atoms with Gasteiger partial charge in [0, 0.05) is 20.1 Å². The number of rotatable bonds is 7. The first-order valence-corrected chi connectivity index (χ1v) is 14.4. The van der Waals surface area contributed by atoms with Crippen molar-refractivity contribution in [2.45, 2.75) is 53.2 Å². The van der Waals surface area contributed by atoms with Crippen molar-refractivity contribution in [3.63, 3.8) is 0 Å². The predicted octanol–water partition coefficient (Wildman–Crippen LogP) is 6.81. The number of amides is 1. The van der Waals surface area contributed by atoms with Crippen molar-refractivity contribution in [1.82, 2.24) is 29.7 Å². The van der Waals surface area contributed by atoms with E-state index < -0.39 is 0 Å². The molecule has 2 aromatic heterocycles. The zero-order chi connectivity index (χ0) is 29.4. The summed E-state index contributed by atoms with van der Waals surface area (Å²) in [4.78, 5) is 15.6. The van der Waals surface area contributed by atoms with Crippen molar-refractivity contribution in [1.29, 1.82) is 0 Å². The molecular formula is C29H31Cl3N6O3. The van der Waals surface area contributed by atoms with Gasteiger partial charge in [-0.05, 0) is 75.4 Å².